The third-order valence-corrected chi connectivity index (χ3v) is 3.75. The van der Waals surface area contributed by atoms with Crippen LogP contribution in [0.1, 0.15) is 18.6 Å². The number of nitrogens with zero attached hydrogens (tertiary/aromatic N) is 2. The van der Waals surface area contributed by atoms with E-state index in [1.165, 1.54) is 0 Å². The summed E-state index contributed by atoms with van der Waals surface area (Å²) in [7, 11) is 1.89. The maximum absolute atomic E-state index is 11.8. The summed E-state index contributed by atoms with van der Waals surface area (Å²) in [6, 6.07) is 7.38. The van der Waals surface area contributed by atoms with E-state index in [0.717, 1.165) is 10.2 Å². The largest absolute Gasteiger partial charge is 0.339 e. The van der Waals surface area contributed by atoms with Crippen LogP contribution in [0.2, 0.25) is 0 Å². The highest BCUT2D eigenvalue weighted by Crippen LogP contribution is 2.13. The molecule has 1 aromatic heterocycles. The van der Waals surface area contributed by atoms with Gasteiger partial charge in [-0.1, -0.05) is 21.1 Å². The highest BCUT2D eigenvalue weighted by molar-refractivity contribution is 9.10. The summed E-state index contributed by atoms with van der Waals surface area (Å²) in [5, 5.41) is 12.5. The molecular weight excluding hydrogens is 362 g/mol. The Labute approximate surface area is 143 Å². The molecule has 2 rings (SSSR count). The van der Waals surface area contributed by atoms with Crippen molar-refractivity contribution in [3.05, 3.63) is 40.5 Å². The molecule has 0 aliphatic heterocycles. The molecule has 2 aromatic rings. The lowest BCUT2D eigenvalue weighted by molar-refractivity contribution is 0.252. The van der Waals surface area contributed by atoms with Crippen molar-refractivity contribution in [2.45, 2.75) is 25.8 Å². The number of carbonyl (C=O) groups excluding carboxylic acids is 1. The number of likely N-dealkylation sites (N-methyl/N-ethyl adjacent to an activating group) is 1. The average molecular weight is 382 g/mol. The predicted octanol–water partition coefficient (Wildman–Crippen LogP) is 2.35. The first kappa shape index (κ1) is 17.4. The molecule has 1 unspecified atom stereocenters. The van der Waals surface area contributed by atoms with Crippen LogP contribution in [0, 0.1) is 0 Å². The van der Waals surface area contributed by atoms with E-state index in [1.807, 2.05) is 38.2 Å². The van der Waals surface area contributed by atoms with Crippen LogP contribution in [0.5, 0.6) is 0 Å². The lowest BCUT2D eigenvalue weighted by Crippen LogP contribution is -2.30. The Kier molecular flexibility index (Phi) is 6.54. The fourth-order valence-electron chi connectivity index (χ4n) is 1.84. The summed E-state index contributed by atoms with van der Waals surface area (Å²) < 4.78 is 6.12. The minimum Gasteiger partial charge on any atom is -0.339 e. The number of urea groups is 1. The first-order chi connectivity index (χ1) is 11.1. The van der Waals surface area contributed by atoms with Crippen LogP contribution in [0.3, 0.4) is 0 Å². The van der Waals surface area contributed by atoms with E-state index >= 15 is 0 Å². The van der Waals surface area contributed by atoms with Crippen LogP contribution >= 0.6 is 15.9 Å². The van der Waals surface area contributed by atoms with Gasteiger partial charge in [-0.3, -0.25) is 0 Å². The molecule has 8 heteroatoms. The van der Waals surface area contributed by atoms with E-state index < -0.39 is 0 Å². The molecule has 0 bridgehead atoms. The van der Waals surface area contributed by atoms with Crippen LogP contribution in [-0.2, 0) is 12.8 Å². The first-order valence-electron chi connectivity index (χ1n) is 7.36. The molecular formula is C15H20BrN5O2. The Hall–Kier alpha value is -1.93. The molecule has 0 saturated heterocycles. The second-order valence-corrected chi connectivity index (χ2v) is 6.05. The number of amides is 2. The molecule has 0 radical (unpaired) electrons. The van der Waals surface area contributed by atoms with Crippen LogP contribution in [-0.4, -0.2) is 35.8 Å². The summed E-state index contributed by atoms with van der Waals surface area (Å²) >= 11 is 3.35. The van der Waals surface area contributed by atoms with E-state index in [4.69, 9.17) is 4.52 Å². The lowest BCUT2D eigenvalue weighted by atomic mass is 10.2. The summed E-state index contributed by atoms with van der Waals surface area (Å²) in [5.74, 6) is 1.19. The van der Waals surface area contributed by atoms with Crippen molar-refractivity contribution >= 4 is 27.6 Å². The van der Waals surface area contributed by atoms with Crippen LogP contribution < -0.4 is 16.0 Å². The normalized spacial score (nSPS) is 12.0. The van der Waals surface area contributed by atoms with Crippen LogP contribution in [0.4, 0.5) is 10.5 Å². The summed E-state index contributed by atoms with van der Waals surface area (Å²) in [6.07, 6.45) is 1.20. The molecule has 0 saturated carbocycles. The molecule has 1 heterocycles. The summed E-state index contributed by atoms with van der Waals surface area (Å²) in [6.45, 7) is 2.47. The number of halogens is 1. The number of rotatable bonds is 7. The number of hydrogen-bond acceptors (Lipinski definition) is 5. The van der Waals surface area contributed by atoms with Crippen molar-refractivity contribution in [1.29, 1.82) is 0 Å². The zero-order chi connectivity index (χ0) is 16.7. The van der Waals surface area contributed by atoms with Gasteiger partial charge in [0.15, 0.2) is 5.82 Å². The first-order valence-corrected chi connectivity index (χ1v) is 8.15. The van der Waals surface area contributed by atoms with Crippen LogP contribution in [0.25, 0.3) is 0 Å². The van der Waals surface area contributed by atoms with Gasteiger partial charge in [0.2, 0.25) is 5.89 Å². The molecule has 3 N–H and O–H groups in total. The minimum absolute atomic E-state index is 0.268. The van der Waals surface area contributed by atoms with Crippen molar-refractivity contribution in [2.75, 3.05) is 18.9 Å². The van der Waals surface area contributed by atoms with Crippen molar-refractivity contribution in [3.63, 3.8) is 0 Å². The van der Waals surface area contributed by atoms with Gasteiger partial charge in [-0.2, -0.15) is 4.98 Å². The highest BCUT2D eigenvalue weighted by atomic mass is 79.9. The number of nitrogens with one attached hydrogen (secondary N) is 3. The Balaban J connectivity index is 1.72. The number of hydrogen-bond donors (Lipinski definition) is 3. The van der Waals surface area contributed by atoms with Crippen LogP contribution in [0.15, 0.2) is 33.3 Å². The topological polar surface area (TPSA) is 92.1 Å². The predicted molar refractivity (Wildman–Crippen MR) is 91.4 cm³/mol. The molecule has 0 aliphatic carbocycles. The smallest absolute Gasteiger partial charge is 0.319 e. The molecule has 7 nitrogen and oxygen atoms in total. The Bertz CT molecular complexity index is 629. The van der Waals surface area contributed by atoms with Crippen molar-refractivity contribution in [3.8, 4) is 0 Å². The molecule has 0 fully saturated rings. The highest BCUT2D eigenvalue weighted by Gasteiger charge is 2.09. The van der Waals surface area contributed by atoms with Gasteiger partial charge in [0.05, 0.1) is 0 Å². The standard InChI is InChI=1S/C15H20BrN5O2/c1-10(17-2)9-13-20-14(23-21-13)7-8-18-15(22)19-12-5-3-11(16)4-6-12/h3-6,10,17H,7-9H2,1-2H3,(H2,18,19,22). The van der Waals surface area contributed by atoms with Crippen molar-refractivity contribution < 1.29 is 9.32 Å². The van der Waals surface area contributed by atoms with Gasteiger partial charge in [0.25, 0.3) is 0 Å². The van der Waals surface area contributed by atoms with E-state index in [2.05, 4.69) is 42.0 Å². The molecule has 0 aliphatic rings. The Morgan fingerprint density at radius 2 is 2.09 bits per heavy atom. The quantitative estimate of drug-likeness (QED) is 0.684. The number of carbonyl (C=O) groups is 1. The second kappa shape index (κ2) is 8.64. The summed E-state index contributed by atoms with van der Waals surface area (Å²) in [4.78, 5) is 16.1. The minimum atomic E-state index is -0.268. The van der Waals surface area contributed by atoms with Gasteiger partial charge in [-0.15, -0.1) is 0 Å². The van der Waals surface area contributed by atoms with Gasteiger partial charge < -0.3 is 20.5 Å². The maximum Gasteiger partial charge on any atom is 0.319 e. The Morgan fingerprint density at radius 3 is 2.78 bits per heavy atom. The number of benzene rings is 1. The van der Waals surface area contributed by atoms with E-state index in [-0.39, 0.29) is 12.1 Å². The maximum atomic E-state index is 11.8. The van der Waals surface area contributed by atoms with Gasteiger partial charge in [-0.05, 0) is 38.2 Å². The van der Waals surface area contributed by atoms with Gasteiger partial charge >= 0.3 is 6.03 Å². The van der Waals surface area contributed by atoms with E-state index in [1.54, 1.807) is 0 Å². The Morgan fingerprint density at radius 1 is 1.35 bits per heavy atom. The van der Waals surface area contributed by atoms with Gasteiger partial charge in [0, 0.05) is 35.6 Å². The lowest BCUT2D eigenvalue weighted by Gasteiger charge is -2.06. The molecule has 124 valence electrons. The fourth-order valence-corrected chi connectivity index (χ4v) is 2.11. The van der Waals surface area contributed by atoms with Crippen molar-refractivity contribution in [2.24, 2.45) is 0 Å². The molecule has 23 heavy (non-hydrogen) atoms. The molecule has 1 aromatic carbocycles. The number of anilines is 1. The summed E-state index contributed by atoms with van der Waals surface area (Å²) in [5.41, 5.74) is 0.729. The zero-order valence-electron chi connectivity index (χ0n) is 13.1. The monoisotopic (exact) mass is 381 g/mol. The third kappa shape index (κ3) is 5.99. The SMILES string of the molecule is CNC(C)Cc1noc(CCNC(=O)Nc2ccc(Br)cc2)n1. The van der Waals surface area contributed by atoms with E-state index in [9.17, 15) is 4.79 Å². The van der Waals surface area contributed by atoms with Gasteiger partial charge in [-0.25, -0.2) is 4.79 Å². The third-order valence-electron chi connectivity index (χ3n) is 3.22. The molecule has 2 amide bonds. The average Bonchev–Trinajstić information content (AvgIpc) is 2.97. The fraction of sp³-hybridized carbons (Fsp3) is 0.400. The van der Waals surface area contributed by atoms with E-state index in [0.29, 0.717) is 31.1 Å². The zero-order valence-corrected chi connectivity index (χ0v) is 14.7. The second-order valence-electron chi connectivity index (χ2n) is 5.14. The molecule has 0 spiro atoms. The number of aromatic nitrogens is 2. The van der Waals surface area contributed by atoms with Gasteiger partial charge in [0.1, 0.15) is 0 Å². The molecule has 1 atom stereocenters. The van der Waals surface area contributed by atoms with Crippen molar-refractivity contribution in [1.82, 2.24) is 20.8 Å².